The predicted molar refractivity (Wildman–Crippen MR) is 86.2 cm³/mol. The standard InChI is InChI=1S/C16H17N2OS/c1-19-15-9-7-13(8-10-15)11-12-17-16(20)18-14-5-3-2-4-6-14/h3-10H,11-12H2,1H3,(H2,17,18,20). The van der Waals surface area contributed by atoms with Crippen LogP contribution in [0, 0.1) is 6.07 Å². The summed E-state index contributed by atoms with van der Waals surface area (Å²) >= 11 is 5.24. The molecule has 0 spiro atoms. The van der Waals surface area contributed by atoms with Crippen LogP contribution in [0.15, 0.2) is 48.5 Å². The van der Waals surface area contributed by atoms with Crippen LogP contribution in [-0.2, 0) is 6.42 Å². The van der Waals surface area contributed by atoms with Gasteiger partial charge >= 0.3 is 0 Å². The van der Waals surface area contributed by atoms with Crippen LogP contribution in [-0.4, -0.2) is 18.8 Å². The normalized spacial score (nSPS) is 9.85. The van der Waals surface area contributed by atoms with Crippen molar-refractivity contribution in [2.24, 2.45) is 0 Å². The lowest BCUT2D eigenvalue weighted by atomic mass is 10.1. The largest absolute Gasteiger partial charge is 0.497 e. The van der Waals surface area contributed by atoms with E-state index in [4.69, 9.17) is 17.0 Å². The van der Waals surface area contributed by atoms with Crippen molar-refractivity contribution in [2.75, 3.05) is 19.0 Å². The fourth-order valence-corrected chi connectivity index (χ4v) is 1.98. The van der Waals surface area contributed by atoms with Gasteiger partial charge in [-0.1, -0.05) is 24.3 Å². The molecule has 2 rings (SSSR count). The van der Waals surface area contributed by atoms with Crippen LogP contribution in [0.2, 0.25) is 0 Å². The Morgan fingerprint density at radius 3 is 2.50 bits per heavy atom. The number of thiocarbonyl (C=S) groups is 1. The van der Waals surface area contributed by atoms with E-state index < -0.39 is 0 Å². The average Bonchev–Trinajstić information content (AvgIpc) is 2.49. The van der Waals surface area contributed by atoms with Gasteiger partial charge in [-0.3, -0.25) is 0 Å². The first-order valence-electron chi connectivity index (χ1n) is 6.42. The third-order valence-corrected chi connectivity index (χ3v) is 3.08. The quantitative estimate of drug-likeness (QED) is 0.827. The minimum atomic E-state index is 0.629. The number of hydrogen-bond donors (Lipinski definition) is 2. The highest BCUT2D eigenvalue weighted by atomic mass is 32.1. The van der Waals surface area contributed by atoms with Gasteiger partial charge in [0.2, 0.25) is 0 Å². The smallest absolute Gasteiger partial charge is 0.170 e. The Morgan fingerprint density at radius 1 is 1.15 bits per heavy atom. The van der Waals surface area contributed by atoms with Gasteiger partial charge in [0.15, 0.2) is 5.11 Å². The molecule has 0 aliphatic heterocycles. The van der Waals surface area contributed by atoms with Crippen molar-refractivity contribution in [1.82, 2.24) is 5.32 Å². The van der Waals surface area contributed by atoms with E-state index in [1.807, 2.05) is 36.4 Å². The highest BCUT2D eigenvalue weighted by molar-refractivity contribution is 7.80. The molecule has 0 amide bonds. The number of nitrogens with one attached hydrogen (secondary N) is 2. The van der Waals surface area contributed by atoms with E-state index >= 15 is 0 Å². The van der Waals surface area contributed by atoms with Crippen LogP contribution in [0.5, 0.6) is 5.75 Å². The average molecular weight is 285 g/mol. The summed E-state index contributed by atoms with van der Waals surface area (Å²) in [5, 5.41) is 6.94. The van der Waals surface area contributed by atoms with Gasteiger partial charge in [-0.2, -0.15) is 0 Å². The molecule has 0 saturated carbocycles. The first-order valence-corrected chi connectivity index (χ1v) is 6.82. The Labute approximate surface area is 125 Å². The van der Waals surface area contributed by atoms with E-state index in [9.17, 15) is 0 Å². The molecule has 0 unspecified atom stereocenters. The number of hydrogen-bond acceptors (Lipinski definition) is 2. The zero-order valence-electron chi connectivity index (χ0n) is 11.3. The van der Waals surface area contributed by atoms with Gasteiger partial charge in [-0.25, -0.2) is 0 Å². The molecule has 0 aliphatic carbocycles. The van der Waals surface area contributed by atoms with E-state index in [1.165, 1.54) is 5.56 Å². The van der Waals surface area contributed by atoms with E-state index in [1.54, 1.807) is 7.11 Å². The van der Waals surface area contributed by atoms with Crippen molar-refractivity contribution in [3.8, 4) is 5.75 Å². The first kappa shape index (κ1) is 14.3. The number of rotatable bonds is 5. The molecule has 0 atom stereocenters. The molecule has 103 valence electrons. The topological polar surface area (TPSA) is 33.3 Å². The molecule has 0 saturated heterocycles. The highest BCUT2D eigenvalue weighted by Gasteiger charge is 1.98. The number of anilines is 1. The van der Waals surface area contributed by atoms with Gasteiger partial charge in [0.1, 0.15) is 5.75 Å². The van der Waals surface area contributed by atoms with Crippen molar-refractivity contribution in [3.63, 3.8) is 0 Å². The van der Waals surface area contributed by atoms with Crippen LogP contribution < -0.4 is 15.4 Å². The van der Waals surface area contributed by atoms with Crippen molar-refractivity contribution < 1.29 is 4.74 Å². The second-order valence-corrected chi connectivity index (χ2v) is 4.68. The van der Waals surface area contributed by atoms with Gasteiger partial charge in [-0.15, -0.1) is 0 Å². The van der Waals surface area contributed by atoms with Gasteiger partial charge in [0.05, 0.1) is 7.11 Å². The molecule has 2 N–H and O–H groups in total. The number of methoxy groups -OCH3 is 1. The van der Waals surface area contributed by atoms with Crippen molar-refractivity contribution >= 4 is 23.0 Å². The Balaban J connectivity index is 1.73. The number of benzene rings is 2. The summed E-state index contributed by atoms with van der Waals surface area (Å²) in [5.41, 5.74) is 2.21. The van der Waals surface area contributed by atoms with Crippen molar-refractivity contribution in [1.29, 1.82) is 0 Å². The zero-order valence-corrected chi connectivity index (χ0v) is 12.2. The fraction of sp³-hybridized carbons (Fsp3) is 0.188. The second-order valence-electron chi connectivity index (χ2n) is 4.27. The Kier molecular flexibility index (Phi) is 5.38. The lowest BCUT2D eigenvalue weighted by Gasteiger charge is -2.10. The molecule has 2 aromatic rings. The lowest BCUT2D eigenvalue weighted by molar-refractivity contribution is 0.414. The van der Waals surface area contributed by atoms with E-state index in [-0.39, 0.29) is 0 Å². The highest BCUT2D eigenvalue weighted by Crippen LogP contribution is 2.11. The maximum atomic E-state index is 5.24. The molecule has 0 bridgehead atoms. The second kappa shape index (κ2) is 7.50. The molecule has 3 nitrogen and oxygen atoms in total. The Morgan fingerprint density at radius 2 is 1.85 bits per heavy atom. The van der Waals surface area contributed by atoms with Crippen LogP contribution in [0.4, 0.5) is 5.69 Å². The third kappa shape index (κ3) is 4.55. The first-order chi connectivity index (χ1) is 9.78. The Hall–Kier alpha value is -2.07. The molecular formula is C16H17N2OS. The minimum absolute atomic E-state index is 0.629. The van der Waals surface area contributed by atoms with E-state index in [2.05, 4.69) is 28.8 Å². The molecule has 0 fully saturated rings. The van der Waals surface area contributed by atoms with Crippen LogP contribution in [0.3, 0.4) is 0 Å². The molecule has 2 aromatic carbocycles. The van der Waals surface area contributed by atoms with Crippen molar-refractivity contribution in [2.45, 2.75) is 6.42 Å². The van der Waals surface area contributed by atoms with E-state index in [0.29, 0.717) is 5.11 Å². The van der Waals surface area contributed by atoms with Crippen LogP contribution in [0.1, 0.15) is 5.56 Å². The maximum absolute atomic E-state index is 5.24. The summed E-state index contributed by atoms with van der Waals surface area (Å²) < 4.78 is 5.13. The maximum Gasteiger partial charge on any atom is 0.170 e. The van der Waals surface area contributed by atoms with Crippen LogP contribution >= 0.6 is 12.2 Å². The van der Waals surface area contributed by atoms with Gasteiger partial charge < -0.3 is 15.4 Å². The van der Waals surface area contributed by atoms with Gasteiger partial charge in [-0.05, 0) is 54.5 Å². The predicted octanol–water partition coefficient (Wildman–Crippen LogP) is 3.02. The van der Waals surface area contributed by atoms with Crippen molar-refractivity contribution in [3.05, 3.63) is 60.2 Å². The minimum Gasteiger partial charge on any atom is -0.497 e. The summed E-state index contributed by atoms with van der Waals surface area (Å²) in [4.78, 5) is 0. The molecule has 0 heterocycles. The third-order valence-electron chi connectivity index (χ3n) is 2.83. The summed E-state index contributed by atoms with van der Waals surface area (Å²) in [5.74, 6) is 0.875. The summed E-state index contributed by atoms with van der Waals surface area (Å²) in [6, 6.07) is 18.6. The molecule has 4 heteroatoms. The number of ether oxygens (including phenoxy) is 1. The SMILES string of the molecule is COc1ccc(CCNC(=S)Nc2cc[c]cc2)cc1. The Bertz CT molecular complexity index is 540. The van der Waals surface area contributed by atoms with E-state index in [0.717, 1.165) is 24.4 Å². The lowest BCUT2D eigenvalue weighted by Crippen LogP contribution is -2.30. The molecule has 1 radical (unpaired) electrons. The van der Waals surface area contributed by atoms with Gasteiger partial charge in [0, 0.05) is 12.2 Å². The molecule has 0 aromatic heterocycles. The zero-order chi connectivity index (χ0) is 14.2. The molecule has 20 heavy (non-hydrogen) atoms. The van der Waals surface area contributed by atoms with Crippen LogP contribution in [0.25, 0.3) is 0 Å². The summed E-state index contributed by atoms with van der Waals surface area (Å²) in [6.07, 6.45) is 0.911. The molecule has 0 aliphatic rings. The summed E-state index contributed by atoms with van der Waals surface area (Å²) in [6.45, 7) is 0.789. The monoisotopic (exact) mass is 285 g/mol. The summed E-state index contributed by atoms with van der Waals surface area (Å²) in [7, 11) is 1.67. The fourth-order valence-electron chi connectivity index (χ4n) is 1.76. The van der Waals surface area contributed by atoms with Gasteiger partial charge in [0.25, 0.3) is 0 Å². The molecular weight excluding hydrogens is 268 g/mol.